The third-order valence-electron chi connectivity index (χ3n) is 2.03. The van der Waals surface area contributed by atoms with Crippen LogP contribution < -0.4 is 5.32 Å². The number of alkyl halides is 2. The normalized spacial score (nSPS) is 13.8. The topological polar surface area (TPSA) is 24.5 Å². The highest BCUT2D eigenvalue weighted by atomic mass is 19.3. The molecule has 0 fully saturated rings. The van der Waals surface area contributed by atoms with Gasteiger partial charge in [-0.15, -0.1) is 0 Å². The second-order valence-corrected chi connectivity index (χ2v) is 3.72. The van der Waals surface area contributed by atoms with Gasteiger partial charge in [0.25, 0.3) is 6.43 Å². The van der Waals surface area contributed by atoms with Gasteiger partial charge in [0.15, 0.2) is 0 Å². The van der Waals surface area contributed by atoms with E-state index in [1.54, 1.807) is 19.1 Å². The van der Waals surface area contributed by atoms with Crippen LogP contribution in [0.2, 0.25) is 0 Å². The quantitative estimate of drug-likeness (QED) is 0.637. The van der Waals surface area contributed by atoms with E-state index in [9.17, 15) is 8.78 Å². The highest BCUT2D eigenvalue weighted by Crippen LogP contribution is 1.97. The first-order valence-corrected chi connectivity index (χ1v) is 5.29. The Labute approximate surface area is 90.8 Å². The van der Waals surface area contributed by atoms with Crippen LogP contribution in [0.25, 0.3) is 0 Å². The van der Waals surface area contributed by atoms with Gasteiger partial charge in [0.2, 0.25) is 0 Å². The van der Waals surface area contributed by atoms with E-state index in [0.29, 0.717) is 13.2 Å². The molecule has 0 amide bonds. The van der Waals surface area contributed by atoms with Crippen molar-refractivity contribution in [3.05, 3.63) is 0 Å². The van der Waals surface area contributed by atoms with E-state index in [-0.39, 0.29) is 12.6 Å². The van der Waals surface area contributed by atoms with Crippen LogP contribution >= 0.6 is 0 Å². The van der Waals surface area contributed by atoms with Crippen LogP contribution in [0.5, 0.6) is 0 Å². The van der Waals surface area contributed by atoms with Crippen molar-refractivity contribution in [1.29, 1.82) is 0 Å². The molecule has 0 aliphatic heterocycles. The van der Waals surface area contributed by atoms with Gasteiger partial charge in [0, 0.05) is 19.7 Å². The fourth-order valence-electron chi connectivity index (χ4n) is 1.41. The van der Waals surface area contributed by atoms with E-state index >= 15 is 0 Å². The molecule has 1 atom stereocenters. The first kappa shape index (κ1) is 14.7. The Morgan fingerprint density at radius 1 is 1.33 bits per heavy atom. The smallest absolute Gasteiger partial charge is 0.251 e. The second-order valence-electron chi connectivity index (χ2n) is 3.72. The number of hydrogen-bond acceptors (Lipinski definition) is 3. The molecule has 0 aliphatic carbocycles. The van der Waals surface area contributed by atoms with Gasteiger partial charge in [-0.2, -0.15) is 0 Å². The minimum Gasteiger partial charge on any atom is -0.383 e. The van der Waals surface area contributed by atoms with Crippen LogP contribution in [0.3, 0.4) is 0 Å². The maximum Gasteiger partial charge on any atom is 0.251 e. The Kier molecular flexibility index (Phi) is 8.85. The summed E-state index contributed by atoms with van der Waals surface area (Å²) in [5.74, 6) is 0. The number of methoxy groups -OCH3 is 1. The molecule has 0 aliphatic rings. The molecule has 92 valence electrons. The number of halogens is 2. The number of nitrogens with one attached hydrogen (secondary N) is 1. The zero-order valence-electron chi connectivity index (χ0n) is 9.80. The van der Waals surface area contributed by atoms with Crippen LogP contribution in [0.15, 0.2) is 0 Å². The molecule has 0 aromatic rings. The molecule has 3 nitrogen and oxygen atoms in total. The molecular formula is C10H22F2N2O. The van der Waals surface area contributed by atoms with E-state index in [0.717, 1.165) is 13.0 Å². The highest BCUT2D eigenvalue weighted by molar-refractivity contribution is 4.70. The largest absolute Gasteiger partial charge is 0.383 e. The van der Waals surface area contributed by atoms with Gasteiger partial charge in [-0.1, -0.05) is 6.92 Å². The number of nitrogens with zero attached hydrogens (tertiary/aromatic N) is 1. The Morgan fingerprint density at radius 3 is 2.47 bits per heavy atom. The summed E-state index contributed by atoms with van der Waals surface area (Å²) in [6.07, 6.45) is -1.25. The molecular weight excluding hydrogens is 202 g/mol. The molecule has 0 spiro atoms. The molecule has 1 N–H and O–H groups in total. The lowest BCUT2D eigenvalue weighted by Crippen LogP contribution is -2.44. The van der Waals surface area contributed by atoms with Crippen molar-refractivity contribution in [2.75, 3.05) is 40.4 Å². The summed E-state index contributed by atoms with van der Waals surface area (Å²) < 4.78 is 29.2. The van der Waals surface area contributed by atoms with Crippen molar-refractivity contribution in [3.8, 4) is 0 Å². The average Bonchev–Trinajstić information content (AvgIpc) is 2.13. The van der Waals surface area contributed by atoms with E-state index < -0.39 is 6.43 Å². The molecule has 0 bridgehead atoms. The molecule has 0 heterocycles. The van der Waals surface area contributed by atoms with Crippen molar-refractivity contribution >= 4 is 0 Å². The van der Waals surface area contributed by atoms with E-state index in [1.165, 1.54) is 0 Å². The van der Waals surface area contributed by atoms with Crippen LogP contribution in [0.4, 0.5) is 8.78 Å². The van der Waals surface area contributed by atoms with Gasteiger partial charge in [-0.3, -0.25) is 4.90 Å². The number of ether oxygens (including phenoxy) is 1. The first-order valence-electron chi connectivity index (χ1n) is 5.29. The molecule has 0 rings (SSSR count). The molecule has 1 unspecified atom stereocenters. The summed E-state index contributed by atoms with van der Waals surface area (Å²) in [5, 5.41) is 3.26. The maximum atomic E-state index is 12.1. The number of hydrogen-bond donors (Lipinski definition) is 1. The highest BCUT2D eigenvalue weighted by Gasteiger charge is 2.13. The maximum absolute atomic E-state index is 12.1. The average molecular weight is 224 g/mol. The van der Waals surface area contributed by atoms with Gasteiger partial charge in [-0.25, -0.2) is 8.78 Å². The third kappa shape index (κ3) is 8.72. The van der Waals surface area contributed by atoms with Crippen molar-refractivity contribution in [2.24, 2.45) is 0 Å². The van der Waals surface area contributed by atoms with E-state index in [1.807, 2.05) is 0 Å². The first-order chi connectivity index (χ1) is 7.10. The molecule has 0 aromatic heterocycles. The lowest BCUT2D eigenvalue weighted by atomic mass is 10.2. The van der Waals surface area contributed by atoms with Gasteiger partial charge in [-0.05, 0) is 20.0 Å². The molecule has 0 radical (unpaired) electrons. The summed E-state index contributed by atoms with van der Waals surface area (Å²) in [4.78, 5) is 1.62. The molecule has 0 aromatic carbocycles. The monoisotopic (exact) mass is 224 g/mol. The lowest BCUT2D eigenvalue weighted by molar-refractivity contribution is 0.0848. The lowest BCUT2D eigenvalue weighted by Gasteiger charge is -2.24. The van der Waals surface area contributed by atoms with Gasteiger partial charge >= 0.3 is 0 Å². The van der Waals surface area contributed by atoms with Crippen LogP contribution in [0.1, 0.15) is 13.3 Å². The Morgan fingerprint density at radius 2 is 2.00 bits per heavy atom. The standard InChI is InChI=1S/C10H22F2N2O/c1-4-5-13-9(8-15-3)6-14(2)7-10(11)12/h9-10,13H,4-8H2,1-3H3. The summed E-state index contributed by atoms with van der Waals surface area (Å²) in [6.45, 7) is 3.90. The van der Waals surface area contributed by atoms with Crippen LogP contribution in [-0.2, 0) is 4.74 Å². The predicted octanol–water partition coefficient (Wildman–Crippen LogP) is 1.20. The van der Waals surface area contributed by atoms with Gasteiger partial charge < -0.3 is 10.1 Å². The van der Waals surface area contributed by atoms with Gasteiger partial charge in [0.05, 0.1) is 13.2 Å². The van der Waals surface area contributed by atoms with E-state index in [2.05, 4.69) is 12.2 Å². The SMILES string of the molecule is CCCNC(COC)CN(C)CC(F)F. The van der Waals surface area contributed by atoms with E-state index in [4.69, 9.17) is 4.74 Å². The Bertz CT molecular complexity index is 147. The zero-order chi connectivity index (χ0) is 11.7. The van der Waals surface area contributed by atoms with Crippen LogP contribution in [0, 0.1) is 0 Å². The summed E-state index contributed by atoms with van der Waals surface area (Å²) in [5.41, 5.74) is 0. The molecule has 0 saturated carbocycles. The van der Waals surface area contributed by atoms with Crippen molar-refractivity contribution in [3.63, 3.8) is 0 Å². The fourth-order valence-corrected chi connectivity index (χ4v) is 1.41. The summed E-state index contributed by atoms with van der Waals surface area (Å²) in [7, 11) is 3.32. The minimum absolute atomic E-state index is 0.124. The third-order valence-corrected chi connectivity index (χ3v) is 2.03. The fraction of sp³-hybridized carbons (Fsp3) is 1.00. The van der Waals surface area contributed by atoms with Crippen molar-refractivity contribution < 1.29 is 13.5 Å². The Hall–Kier alpha value is -0.260. The van der Waals surface area contributed by atoms with Crippen LogP contribution in [-0.4, -0.2) is 57.8 Å². The zero-order valence-corrected chi connectivity index (χ0v) is 9.80. The predicted molar refractivity (Wildman–Crippen MR) is 57.5 cm³/mol. The molecule has 0 saturated heterocycles. The van der Waals surface area contributed by atoms with Crippen molar-refractivity contribution in [1.82, 2.24) is 10.2 Å². The second kappa shape index (κ2) is 9.00. The van der Waals surface area contributed by atoms with Crippen molar-refractivity contribution in [2.45, 2.75) is 25.8 Å². The Balaban J connectivity index is 3.80. The number of rotatable bonds is 9. The molecule has 5 heteroatoms. The minimum atomic E-state index is -2.27. The number of likely N-dealkylation sites (N-methyl/N-ethyl adjacent to an activating group) is 1. The summed E-state index contributed by atoms with van der Waals surface area (Å²) >= 11 is 0. The molecule has 15 heavy (non-hydrogen) atoms. The van der Waals surface area contributed by atoms with Gasteiger partial charge in [0.1, 0.15) is 0 Å². The summed E-state index contributed by atoms with van der Waals surface area (Å²) in [6, 6.07) is 0.124.